The summed E-state index contributed by atoms with van der Waals surface area (Å²) in [4.78, 5) is 25.8. The molecule has 1 spiro atoms. The third-order valence-electron chi connectivity index (χ3n) is 4.89. The molecule has 0 radical (unpaired) electrons. The van der Waals surface area contributed by atoms with E-state index in [1.807, 2.05) is 26.0 Å². The number of carbonyl (C=O) groups is 2. The number of piperidine rings is 1. The Morgan fingerprint density at radius 1 is 1.27 bits per heavy atom. The van der Waals surface area contributed by atoms with E-state index >= 15 is 0 Å². The van der Waals surface area contributed by atoms with Gasteiger partial charge in [0, 0.05) is 25.9 Å². The maximum absolute atomic E-state index is 12.5. The number of aryl methyl sites for hydroxylation is 1. The summed E-state index contributed by atoms with van der Waals surface area (Å²) in [5.41, 5.74) is 2.35. The second-order valence-corrected chi connectivity index (χ2v) is 6.23. The normalized spacial score (nSPS) is 19.6. The van der Waals surface area contributed by atoms with E-state index in [1.165, 1.54) is 7.11 Å². The average Bonchev–Trinajstić information content (AvgIpc) is 2.51. The number of hydrogen-bond donors (Lipinski definition) is 0. The summed E-state index contributed by atoms with van der Waals surface area (Å²) in [5.74, 6) is 0.860. The summed E-state index contributed by atoms with van der Waals surface area (Å²) in [6, 6.07) is 3.82. The van der Waals surface area contributed by atoms with E-state index in [0.717, 1.165) is 16.9 Å². The third kappa shape index (κ3) is 2.34. The van der Waals surface area contributed by atoms with E-state index in [2.05, 4.69) is 0 Å². The quantitative estimate of drug-likeness (QED) is 0.739. The van der Waals surface area contributed by atoms with Crippen LogP contribution in [0.4, 0.5) is 4.79 Å². The van der Waals surface area contributed by atoms with Gasteiger partial charge in [-0.3, -0.25) is 4.79 Å². The Balaban J connectivity index is 1.85. The number of carbonyl (C=O) groups excluding carboxylic acids is 2. The molecule has 0 aliphatic carbocycles. The summed E-state index contributed by atoms with van der Waals surface area (Å²) in [7, 11) is 1.38. The van der Waals surface area contributed by atoms with Crippen LogP contribution in [-0.4, -0.2) is 42.6 Å². The van der Waals surface area contributed by atoms with Crippen LogP contribution >= 0.6 is 0 Å². The number of amides is 1. The van der Waals surface area contributed by atoms with Gasteiger partial charge in [-0.25, -0.2) is 4.79 Å². The minimum Gasteiger partial charge on any atom is -0.486 e. The number of benzene rings is 1. The lowest BCUT2D eigenvalue weighted by molar-refractivity contribution is -0.00757. The lowest BCUT2D eigenvalue weighted by Gasteiger charge is -2.44. The van der Waals surface area contributed by atoms with Crippen molar-refractivity contribution < 1.29 is 19.1 Å². The van der Waals surface area contributed by atoms with Gasteiger partial charge >= 0.3 is 6.09 Å². The van der Waals surface area contributed by atoms with Crippen molar-refractivity contribution in [3.05, 3.63) is 28.8 Å². The molecule has 5 nitrogen and oxygen atoms in total. The van der Waals surface area contributed by atoms with E-state index in [4.69, 9.17) is 9.47 Å². The molecule has 1 aromatic carbocycles. The van der Waals surface area contributed by atoms with Crippen molar-refractivity contribution in [3.63, 3.8) is 0 Å². The molecular formula is C17H21NO4. The maximum Gasteiger partial charge on any atom is 0.409 e. The Labute approximate surface area is 130 Å². The van der Waals surface area contributed by atoms with Crippen LogP contribution in [0, 0.1) is 13.8 Å². The fraction of sp³-hybridized carbons (Fsp3) is 0.529. The van der Waals surface area contributed by atoms with Crippen molar-refractivity contribution in [1.82, 2.24) is 4.90 Å². The zero-order chi connectivity index (χ0) is 15.9. The van der Waals surface area contributed by atoms with Crippen LogP contribution in [0.2, 0.25) is 0 Å². The molecule has 0 aromatic heterocycles. The highest BCUT2D eigenvalue weighted by Gasteiger charge is 2.44. The second-order valence-electron chi connectivity index (χ2n) is 6.23. The molecule has 2 aliphatic heterocycles. The minimum atomic E-state index is -0.479. The molecule has 5 heteroatoms. The Bertz CT molecular complexity index is 630. The van der Waals surface area contributed by atoms with Gasteiger partial charge in [0.2, 0.25) is 0 Å². The molecule has 1 saturated heterocycles. The number of rotatable bonds is 0. The number of methoxy groups -OCH3 is 1. The molecule has 22 heavy (non-hydrogen) atoms. The predicted molar refractivity (Wildman–Crippen MR) is 81.4 cm³/mol. The first-order chi connectivity index (χ1) is 10.5. The van der Waals surface area contributed by atoms with Crippen LogP contribution in [0.3, 0.4) is 0 Å². The van der Waals surface area contributed by atoms with Crippen molar-refractivity contribution in [2.24, 2.45) is 0 Å². The topological polar surface area (TPSA) is 55.8 Å². The van der Waals surface area contributed by atoms with Crippen LogP contribution in [-0.2, 0) is 4.74 Å². The first-order valence-corrected chi connectivity index (χ1v) is 7.61. The molecular weight excluding hydrogens is 282 g/mol. The van der Waals surface area contributed by atoms with Crippen molar-refractivity contribution in [2.75, 3.05) is 20.2 Å². The largest absolute Gasteiger partial charge is 0.486 e. The van der Waals surface area contributed by atoms with Crippen molar-refractivity contribution >= 4 is 11.9 Å². The highest BCUT2D eigenvalue weighted by molar-refractivity contribution is 6.01. The first kappa shape index (κ1) is 14.9. The average molecular weight is 303 g/mol. The summed E-state index contributed by atoms with van der Waals surface area (Å²) in [6.07, 6.45) is 1.38. The van der Waals surface area contributed by atoms with E-state index in [1.54, 1.807) is 4.90 Å². The lowest BCUT2D eigenvalue weighted by Crippen LogP contribution is -2.52. The zero-order valence-electron chi connectivity index (χ0n) is 13.3. The van der Waals surface area contributed by atoms with Crippen molar-refractivity contribution in [1.29, 1.82) is 0 Å². The van der Waals surface area contributed by atoms with Gasteiger partial charge in [-0.15, -0.1) is 0 Å². The second kappa shape index (κ2) is 5.30. The number of ether oxygens (including phenoxy) is 2. The van der Waals surface area contributed by atoms with Gasteiger partial charge in [-0.05, 0) is 31.0 Å². The van der Waals surface area contributed by atoms with Gasteiger partial charge in [-0.1, -0.05) is 6.07 Å². The van der Waals surface area contributed by atoms with Crippen LogP contribution in [0.5, 0.6) is 5.75 Å². The van der Waals surface area contributed by atoms with Gasteiger partial charge in [0.1, 0.15) is 11.4 Å². The summed E-state index contributed by atoms with van der Waals surface area (Å²) in [5, 5.41) is 0. The van der Waals surface area contributed by atoms with E-state index in [-0.39, 0.29) is 11.9 Å². The summed E-state index contributed by atoms with van der Waals surface area (Å²) >= 11 is 0. The van der Waals surface area contributed by atoms with E-state index < -0.39 is 5.60 Å². The predicted octanol–water partition coefficient (Wildman–Crippen LogP) is 2.87. The SMILES string of the molecule is COC(=O)N1CCC2(CC1)CC(=O)c1ccc(C)c(C)c1O2. The molecule has 3 rings (SSSR count). The van der Waals surface area contributed by atoms with Crippen LogP contribution < -0.4 is 4.74 Å². The van der Waals surface area contributed by atoms with Crippen LogP contribution in [0.25, 0.3) is 0 Å². The van der Waals surface area contributed by atoms with Crippen LogP contribution in [0.1, 0.15) is 40.7 Å². The summed E-state index contributed by atoms with van der Waals surface area (Å²) < 4.78 is 11.1. The number of hydrogen-bond acceptors (Lipinski definition) is 4. The minimum absolute atomic E-state index is 0.135. The molecule has 2 aliphatic rings. The molecule has 2 heterocycles. The smallest absolute Gasteiger partial charge is 0.409 e. The fourth-order valence-corrected chi connectivity index (χ4v) is 3.29. The Morgan fingerprint density at radius 2 is 1.95 bits per heavy atom. The van der Waals surface area contributed by atoms with Gasteiger partial charge in [0.25, 0.3) is 0 Å². The Kier molecular flexibility index (Phi) is 3.59. The Hall–Kier alpha value is -2.04. The number of fused-ring (bicyclic) bond motifs is 1. The van der Waals surface area contributed by atoms with Gasteiger partial charge in [0.15, 0.2) is 5.78 Å². The lowest BCUT2D eigenvalue weighted by atomic mass is 9.81. The van der Waals surface area contributed by atoms with Gasteiger partial charge < -0.3 is 14.4 Å². The van der Waals surface area contributed by atoms with Crippen molar-refractivity contribution in [2.45, 2.75) is 38.7 Å². The standard InChI is InChI=1S/C17H21NO4/c1-11-4-5-13-14(19)10-17(22-15(13)12(11)2)6-8-18(9-7-17)16(20)21-3/h4-5H,6-10H2,1-3H3. The maximum atomic E-state index is 12.5. The fourth-order valence-electron chi connectivity index (χ4n) is 3.29. The molecule has 0 saturated carbocycles. The number of ketones is 1. The van der Waals surface area contributed by atoms with Gasteiger partial charge in [-0.2, -0.15) is 0 Å². The third-order valence-corrected chi connectivity index (χ3v) is 4.89. The van der Waals surface area contributed by atoms with E-state index in [0.29, 0.717) is 37.9 Å². The highest BCUT2D eigenvalue weighted by Crippen LogP contribution is 2.41. The molecule has 1 fully saturated rings. The highest BCUT2D eigenvalue weighted by atomic mass is 16.5. The first-order valence-electron chi connectivity index (χ1n) is 7.61. The molecule has 0 unspecified atom stereocenters. The van der Waals surface area contributed by atoms with Crippen molar-refractivity contribution in [3.8, 4) is 5.75 Å². The number of likely N-dealkylation sites (tertiary alicyclic amines) is 1. The Morgan fingerprint density at radius 3 is 2.59 bits per heavy atom. The monoisotopic (exact) mass is 303 g/mol. The molecule has 1 aromatic rings. The van der Waals surface area contributed by atoms with Crippen LogP contribution in [0.15, 0.2) is 12.1 Å². The molecule has 118 valence electrons. The van der Waals surface area contributed by atoms with E-state index in [9.17, 15) is 9.59 Å². The zero-order valence-corrected chi connectivity index (χ0v) is 13.3. The molecule has 1 amide bonds. The molecule has 0 N–H and O–H groups in total. The number of Topliss-reactive ketones (excluding diaryl/α,β-unsaturated/α-hetero) is 1. The molecule has 0 bridgehead atoms. The summed E-state index contributed by atoms with van der Waals surface area (Å²) in [6.45, 7) is 5.12. The number of nitrogens with zero attached hydrogens (tertiary/aromatic N) is 1. The van der Waals surface area contributed by atoms with Gasteiger partial charge in [0.05, 0.1) is 19.1 Å². The molecule has 0 atom stereocenters.